The molecule has 130 valence electrons. The van der Waals surface area contributed by atoms with Gasteiger partial charge in [-0.05, 0) is 32.9 Å². The summed E-state index contributed by atoms with van der Waals surface area (Å²) in [5.74, 6) is 0. The van der Waals surface area contributed by atoms with Gasteiger partial charge < -0.3 is 14.6 Å². The summed E-state index contributed by atoms with van der Waals surface area (Å²) in [6.45, 7) is 7.70. The number of hydrogen-bond acceptors (Lipinski definition) is 5. The number of nitrogens with zero attached hydrogens (tertiary/aromatic N) is 5. The highest BCUT2D eigenvalue weighted by Gasteiger charge is 2.27. The summed E-state index contributed by atoms with van der Waals surface area (Å²) in [5, 5.41) is 1.95. The van der Waals surface area contributed by atoms with Crippen LogP contribution < -0.4 is 10.7 Å². The Morgan fingerprint density at radius 2 is 1.88 bits per heavy atom. The number of aryl methyl sites for hydroxylation is 1. The SMILES string of the molecule is Cn1c(=O)n(N2CCN(C(=O)OC(C)(C)C)CC2)c2cccnc21. The van der Waals surface area contributed by atoms with Crippen LogP contribution in [0.1, 0.15) is 20.8 Å². The number of fused-ring (bicyclic) bond motifs is 1. The van der Waals surface area contributed by atoms with Gasteiger partial charge in [0.15, 0.2) is 5.65 Å². The average Bonchev–Trinajstić information content (AvgIpc) is 2.78. The van der Waals surface area contributed by atoms with Crippen LogP contribution in [-0.4, -0.2) is 57.0 Å². The van der Waals surface area contributed by atoms with Gasteiger partial charge in [-0.2, -0.15) is 0 Å². The van der Waals surface area contributed by atoms with Gasteiger partial charge in [-0.1, -0.05) is 0 Å². The molecule has 3 heterocycles. The van der Waals surface area contributed by atoms with Crippen molar-refractivity contribution in [2.75, 3.05) is 31.2 Å². The quantitative estimate of drug-likeness (QED) is 0.776. The van der Waals surface area contributed by atoms with Gasteiger partial charge in [0.05, 0.1) is 13.1 Å². The van der Waals surface area contributed by atoms with Crippen molar-refractivity contribution in [3.05, 3.63) is 28.8 Å². The summed E-state index contributed by atoms with van der Waals surface area (Å²) in [7, 11) is 1.71. The smallest absolute Gasteiger partial charge is 0.410 e. The zero-order chi connectivity index (χ0) is 17.5. The highest BCUT2D eigenvalue weighted by atomic mass is 16.6. The number of amides is 1. The van der Waals surface area contributed by atoms with E-state index in [0.29, 0.717) is 31.8 Å². The highest BCUT2D eigenvalue weighted by molar-refractivity contribution is 5.72. The predicted octanol–water partition coefficient (Wildman–Crippen LogP) is 0.924. The van der Waals surface area contributed by atoms with Crippen LogP contribution in [0, 0.1) is 0 Å². The van der Waals surface area contributed by atoms with Crippen LogP contribution in [0.5, 0.6) is 0 Å². The van der Waals surface area contributed by atoms with Gasteiger partial charge in [0.1, 0.15) is 11.1 Å². The summed E-state index contributed by atoms with van der Waals surface area (Å²) >= 11 is 0. The number of hydrogen-bond donors (Lipinski definition) is 0. The summed E-state index contributed by atoms with van der Waals surface area (Å²) in [4.78, 5) is 30.6. The molecule has 2 aromatic rings. The van der Waals surface area contributed by atoms with Crippen molar-refractivity contribution < 1.29 is 9.53 Å². The molecule has 2 aromatic heterocycles. The Morgan fingerprint density at radius 1 is 1.21 bits per heavy atom. The first-order chi connectivity index (χ1) is 11.3. The van der Waals surface area contributed by atoms with Crippen molar-refractivity contribution in [3.63, 3.8) is 0 Å². The summed E-state index contributed by atoms with van der Waals surface area (Å²) in [6.07, 6.45) is 1.36. The topological polar surface area (TPSA) is 72.6 Å². The number of ether oxygens (including phenoxy) is 1. The van der Waals surface area contributed by atoms with E-state index in [-0.39, 0.29) is 11.8 Å². The van der Waals surface area contributed by atoms with Gasteiger partial charge in [-0.25, -0.2) is 19.2 Å². The molecule has 24 heavy (non-hydrogen) atoms. The maximum absolute atomic E-state index is 12.5. The molecule has 1 saturated heterocycles. The number of aromatic nitrogens is 3. The molecule has 1 amide bonds. The maximum Gasteiger partial charge on any atom is 0.410 e. The molecule has 0 aliphatic carbocycles. The van der Waals surface area contributed by atoms with Crippen molar-refractivity contribution >= 4 is 17.3 Å². The van der Waals surface area contributed by atoms with Crippen LogP contribution in [0.3, 0.4) is 0 Å². The molecule has 0 atom stereocenters. The number of carbonyl (C=O) groups is 1. The van der Waals surface area contributed by atoms with Crippen LogP contribution in [0.25, 0.3) is 11.2 Å². The number of rotatable bonds is 1. The van der Waals surface area contributed by atoms with E-state index in [1.807, 2.05) is 37.9 Å². The van der Waals surface area contributed by atoms with Gasteiger partial charge in [-0.15, -0.1) is 0 Å². The molecular weight excluding hydrogens is 310 g/mol. The van der Waals surface area contributed by atoms with Gasteiger partial charge in [0.25, 0.3) is 0 Å². The van der Waals surface area contributed by atoms with E-state index in [1.54, 1.807) is 22.8 Å². The van der Waals surface area contributed by atoms with E-state index in [4.69, 9.17) is 4.74 Å². The maximum atomic E-state index is 12.5. The zero-order valence-electron chi connectivity index (χ0n) is 14.5. The summed E-state index contributed by atoms with van der Waals surface area (Å²) in [6, 6.07) is 3.69. The van der Waals surface area contributed by atoms with Gasteiger partial charge in [0.2, 0.25) is 0 Å². The first-order valence-electron chi connectivity index (χ1n) is 8.03. The Hall–Kier alpha value is -2.51. The van der Waals surface area contributed by atoms with Crippen molar-refractivity contribution in [1.82, 2.24) is 19.1 Å². The molecule has 0 bridgehead atoms. The third-order valence-electron chi connectivity index (χ3n) is 3.97. The normalized spacial score (nSPS) is 15.8. The largest absolute Gasteiger partial charge is 0.444 e. The Kier molecular flexibility index (Phi) is 3.98. The van der Waals surface area contributed by atoms with E-state index in [0.717, 1.165) is 5.52 Å². The third-order valence-corrected chi connectivity index (χ3v) is 3.97. The molecule has 0 aromatic carbocycles. The molecule has 1 fully saturated rings. The number of piperazine rings is 1. The van der Waals surface area contributed by atoms with Gasteiger partial charge in [0, 0.05) is 26.3 Å². The van der Waals surface area contributed by atoms with Crippen LogP contribution in [-0.2, 0) is 11.8 Å². The van der Waals surface area contributed by atoms with Crippen molar-refractivity contribution in [2.24, 2.45) is 7.05 Å². The minimum atomic E-state index is -0.507. The Morgan fingerprint density at radius 3 is 2.50 bits per heavy atom. The second kappa shape index (κ2) is 5.85. The first-order valence-corrected chi connectivity index (χ1v) is 8.03. The molecule has 8 heteroatoms. The molecule has 3 rings (SSSR count). The fourth-order valence-electron chi connectivity index (χ4n) is 2.83. The predicted molar refractivity (Wildman–Crippen MR) is 90.7 cm³/mol. The second-order valence-corrected chi connectivity index (χ2v) is 6.92. The molecule has 8 nitrogen and oxygen atoms in total. The van der Waals surface area contributed by atoms with Gasteiger partial charge in [-0.3, -0.25) is 4.57 Å². The molecule has 0 radical (unpaired) electrons. The lowest BCUT2D eigenvalue weighted by Gasteiger charge is -2.36. The van der Waals surface area contributed by atoms with Crippen LogP contribution in [0.15, 0.2) is 23.1 Å². The molecule has 1 aliphatic heterocycles. The molecule has 1 aliphatic rings. The fourth-order valence-corrected chi connectivity index (χ4v) is 2.83. The lowest BCUT2D eigenvalue weighted by Crippen LogP contribution is -2.55. The fraction of sp³-hybridized carbons (Fsp3) is 0.562. The van der Waals surface area contributed by atoms with E-state index in [2.05, 4.69) is 4.98 Å². The minimum absolute atomic E-state index is 0.130. The van der Waals surface area contributed by atoms with E-state index in [1.165, 1.54) is 4.57 Å². The molecule has 0 spiro atoms. The molecule has 0 N–H and O–H groups in total. The Bertz CT molecular complexity index is 809. The van der Waals surface area contributed by atoms with Crippen LogP contribution in [0.4, 0.5) is 4.79 Å². The number of carbonyl (C=O) groups excluding carboxylic acids is 1. The van der Waals surface area contributed by atoms with Crippen molar-refractivity contribution in [2.45, 2.75) is 26.4 Å². The van der Waals surface area contributed by atoms with E-state index < -0.39 is 5.60 Å². The van der Waals surface area contributed by atoms with E-state index in [9.17, 15) is 9.59 Å². The molecule has 0 saturated carbocycles. The molecular formula is C16H23N5O3. The summed E-state index contributed by atoms with van der Waals surface area (Å²) in [5.41, 5.74) is 0.786. The monoisotopic (exact) mass is 333 g/mol. The van der Waals surface area contributed by atoms with Crippen molar-refractivity contribution in [3.8, 4) is 0 Å². The second-order valence-electron chi connectivity index (χ2n) is 6.92. The zero-order valence-corrected chi connectivity index (χ0v) is 14.5. The lowest BCUT2D eigenvalue weighted by molar-refractivity contribution is 0.0232. The first kappa shape index (κ1) is 16.4. The Balaban J connectivity index is 1.78. The molecule has 0 unspecified atom stereocenters. The van der Waals surface area contributed by atoms with Gasteiger partial charge >= 0.3 is 11.8 Å². The van der Waals surface area contributed by atoms with E-state index >= 15 is 0 Å². The highest BCUT2D eigenvalue weighted by Crippen LogP contribution is 2.13. The standard InChI is InChI=1S/C16H23N5O3/c1-16(2,3)24-15(23)19-8-10-20(11-9-19)21-12-6-5-7-17-13(12)18(4)14(21)22/h5-7H,8-11H2,1-4H3. The van der Waals surface area contributed by atoms with Crippen molar-refractivity contribution in [1.29, 1.82) is 0 Å². The summed E-state index contributed by atoms with van der Waals surface area (Å²) < 4.78 is 8.59. The van der Waals surface area contributed by atoms with Crippen LogP contribution >= 0.6 is 0 Å². The lowest BCUT2D eigenvalue weighted by atomic mass is 10.2. The number of pyridine rings is 1. The average molecular weight is 333 g/mol. The Labute approximate surface area is 140 Å². The van der Waals surface area contributed by atoms with Crippen LogP contribution in [0.2, 0.25) is 0 Å². The third kappa shape index (κ3) is 2.95. The number of imidazole rings is 1. The minimum Gasteiger partial charge on any atom is -0.444 e.